The molecule has 25 heavy (non-hydrogen) atoms. The highest BCUT2D eigenvalue weighted by atomic mass is 19.1. The van der Waals surface area contributed by atoms with Crippen molar-refractivity contribution >= 4 is 17.4 Å². The van der Waals surface area contributed by atoms with Crippen LogP contribution in [0.4, 0.5) is 14.5 Å². The minimum Gasteiger partial charge on any atom is -0.322 e. The zero-order valence-electron chi connectivity index (χ0n) is 13.0. The molecule has 0 spiro atoms. The molecule has 0 saturated heterocycles. The summed E-state index contributed by atoms with van der Waals surface area (Å²) in [7, 11) is 0. The van der Waals surface area contributed by atoms with E-state index >= 15 is 0 Å². The van der Waals surface area contributed by atoms with Gasteiger partial charge in [0.25, 0.3) is 5.91 Å². The predicted molar refractivity (Wildman–Crippen MR) is 90.6 cm³/mol. The molecule has 5 heteroatoms. The summed E-state index contributed by atoms with van der Waals surface area (Å²) in [6.45, 7) is 0. The number of benzene rings is 3. The molecule has 1 amide bonds. The van der Waals surface area contributed by atoms with Gasteiger partial charge in [-0.1, -0.05) is 48.5 Å². The van der Waals surface area contributed by atoms with Gasteiger partial charge >= 0.3 is 0 Å². The molecule has 0 aliphatic heterocycles. The standard InChI is InChI=1S/C20H13F2NO2/c21-16-10-5-11-17(22)18(16)20(25)23-15-9-4-8-14(12-15)19(24)13-6-2-1-3-7-13/h1-12H,(H,23,25). The van der Waals surface area contributed by atoms with E-state index in [-0.39, 0.29) is 11.5 Å². The lowest BCUT2D eigenvalue weighted by Crippen LogP contribution is -2.16. The molecule has 0 aliphatic rings. The van der Waals surface area contributed by atoms with Gasteiger partial charge in [-0.05, 0) is 24.3 Å². The number of hydrogen-bond acceptors (Lipinski definition) is 2. The van der Waals surface area contributed by atoms with Crippen LogP contribution in [0, 0.1) is 11.6 Å². The fourth-order valence-corrected chi connectivity index (χ4v) is 2.40. The largest absolute Gasteiger partial charge is 0.322 e. The molecule has 0 atom stereocenters. The van der Waals surface area contributed by atoms with E-state index in [2.05, 4.69) is 5.32 Å². The van der Waals surface area contributed by atoms with Crippen molar-refractivity contribution in [2.24, 2.45) is 0 Å². The van der Waals surface area contributed by atoms with Crippen molar-refractivity contribution in [3.05, 3.63) is 101 Å². The van der Waals surface area contributed by atoms with Crippen molar-refractivity contribution < 1.29 is 18.4 Å². The first-order chi connectivity index (χ1) is 12.1. The maximum Gasteiger partial charge on any atom is 0.261 e. The summed E-state index contributed by atoms with van der Waals surface area (Å²) in [5.41, 5.74) is 0.473. The Bertz CT molecular complexity index is 919. The summed E-state index contributed by atoms with van der Waals surface area (Å²) < 4.78 is 27.4. The third-order valence-electron chi connectivity index (χ3n) is 3.61. The second kappa shape index (κ2) is 7.05. The molecular weight excluding hydrogens is 324 g/mol. The van der Waals surface area contributed by atoms with Crippen molar-refractivity contribution in [3.8, 4) is 0 Å². The van der Waals surface area contributed by atoms with Gasteiger partial charge in [0.05, 0.1) is 0 Å². The Morgan fingerprint density at radius 2 is 1.32 bits per heavy atom. The Balaban J connectivity index is 1.85. The molecule has 0 radical (unpaired) electrons. The zero-order chi connectivity index (χ0) is 17.8. The first-order valence-electron chi connectivity index (χ1n) is 7.51. The molecule has 3 aromatic carbocycles. The molecule has 0 aliphatic carbocycles. The van der Waals surface area contributed by atoms with E-state index in [9.17, 15) is 18.4 Å². The van der Waals surface area contributed by atoms with Crippen molar-refractivity contribution in [3.63, 3.8) is 0 Å². The lowest BCUT2D eigenvalue weighted by Gasteiger charge is -2.08. The normalized spacial score (nSPS) is 10.3. The average molecular weight is 337 g/mol. The molecule has 0 unspecified atom stereocenters. The van der Waals surface area contributed by atoms with Gasteiger partial charge in [0.1, 0.15) is 17.2 Å². The van der Waals surface area contributed by atoms with E-state index in [0.717, 1.165) is 12.1 Å². The van der Waals surface area contributed by atoms with Crippen LogP contribution in [-0.4, -0.2) is 11.7 Å². The van der Waals surface area contributed by atoms with E-state index in [0.29, 0.717) is 11.1 Å². The SMILES string of the molecule is O=C(c1ccccc1)c1cccc(NC(=O)c2c(F)cccc2F)c1. The minimum atomic E-state index is -0.950. The molecule has 0 aromatic heterocycles. The maximum atomic E-state index is 13.7. The van der Waals surface area contributed by atoms with Crippen molar-refractivity contribution in [1.29, 1.82) is 0 Å². The van der Waals surface area contributed by atoms with Crippen molar-refractivity contribution in [2.45, 2.75) is 0 Å². The summed E-state index contributed by atoms with van der Waals surface area (Å²) in [6.07, 6.45) is 0. The van der Waals surface area contributed by atoms with E-state index in [1.807, 2.05) is 0 Å². The van der Waals surface area contributed by atoms with Gasteiger partial charge in [-0.3, -0.25) is 9.59 Å². The highest BCUT2D eigenvalue weighted by Crippen LogP contribution is 2.18. The Labute approximate surface area is 142 Å². The smallest absolute Gasteiger partial charge is 0.261 e. The van der Waals surface area contributed by atoms with Crippen LogP contribution in [0.1, 0.15) is 26.3 Å². The Hall–Kier alpha value is -3.34. The predicted octanol–water partition coefficient (Wildman–Crippen LogP) is 4.45. The lowest BCUT2D eigenvalue weighted by atomic mass is 10.0. The first kappa shape index (κ1) is 16.5. The zero-order valence-corrected chi connectivity index (χ0v) is 13.0. The number of amides is 1. The Morgan fingerprint density at radius 3 is 2.00 bits per heavy atom. The number of carbonyl (C=O) groups excluding carboxylic acids is 2. The number of hydrogen-bond donors (Lipinski definition) is 1. The topological polar surface area (TPSA) is 46.2 Å². The Morgan fingerprint density at radius 1 is 0.720 bits per heavy atom. The van der Waals surface area contributed by atoms with E-state index in [4.69, 9.17) is 0 Å². The van der Waals surface area contributed by atoms with Crippen LogP contribution >= 0.6 is 0 Å². The number of ketones is 1. The van der Waals surface area contributed by atoms with Crippen LogP contribution in [0.15, 0.2) is 72.8 Å². The van der Waals surface area contributed by atoms with E-state index in [1.54, 1.807) is 48.5 Å². The van der Waals surface area contributed by atoms with Crippen molar-refractivity contribution in [1.82, 2.24) is 0 Å². The van der Waals surface area contributed by atoms with Crippen LogP contribution in [0.2, 0.25) is 0 Å². The third-order valence-corrected chi connectivity index (χ3v) is 3.61. The number of carbonyl (C=O) groups is 2. The molecule has 3 rings (SSSR count). The number of rotatable bonds is 4. The fraction of sp³-hybridized carbons (Fsp3) is 0. The first-order valence-corrected chi connectivity index (χ1v) is 7.51. The molecule has 0 fully saturated rings. The van der Waals surface area contributed by atoms with Crippen LogP contribution in [0.3, 0.4) is 0 Å². The molecule has 3 aromatic rings. The highest BCUT2D eigenvalue weighted by Gasteiger charge is 2.17. The number of halogens is 2. The van der Waals surface area contributed by atoms with Crippen LogP contribution in [-0.2, 0) is 0 Å². The van der Waals surface area contributed by atoms with Gasteiger partial charge in [-0.2, -0.15) is 0 Å². The summed E-state index contributed by atoms with van der Waals surface area (Å²) in [6, 6.07) is 18.1. The van der Waals surface area contributed by atoms with Gasteiger partial charge in [-0.25, -0.2) is 8.78 Å². The molecule has 1 N–H and O–H groups in total. The van der Waals surface area contributed by atoms with Crippen LogP contribution in [0.5, 0.6) is 0 Å². The maximum absolute atomic E-state index is 13.7. The van der Waals surface area contributed by atoms with Gasteiger partial charge in [-0.15, -0.1) is 0 Å². The van der Waals surface area contributed by atoms with E-state index < -0.39 is 23.1 Å². The van der Waals surface area contributed by atoms with E-state index in [1.165, 1.54) is 12.1 Å². The van der Waals surface area contributed by atoms with Gasteiger partial charge < -0.3 is 5.32 Å². The minimum absolute atomic E-state index is 0.214. The monoisotopic (exact) mass is 337 g/mol. The third kappa shape index (κ3) is 3.61. The molecule has 0 heterocycles. The number of nitrogens with one attached hydrogen (secondary N) is 1. The van der Waals surface area contributed by atoms with Crippen molar-refractivity contribution in [2.75, 3.05) is 5.32 Å². The van der Waals surface area contributed by atoms with Crippen LogP contribution in [0.25, 0.3) is 0 Å². The van der Waals surface area contributed by atoms with Gasteiger partial charge in [0.2, 0.25) is 0 Å². The molecule has 0 saturated carbocycles. The van der Waals surface area contributed by atoms with Gasteiger partial charge in [0, 0.05) is 16.8 Å². The summed E-state index contributed by atoms with van der Waals surface area (Å²) in [4.78, 5) is 24.6. The van der Waals surface area contributed by atoms with Gasteiger partial charge in [0.15, 0.2) is 5.78 Å². The lowest BCUT2D eigenvalue weighted by molar-refractivity contribution is 0.101. The van der Waals surface area contributed by atoms with Crippen LogP contribution < -0.4 is 5.32 Å². The second-order valence-corrected chi connectivity index (χ2v) is 5.33. The molecule has 124 valence electrons. The Kier molecular flexibility index (Phi) is 4.66. The second-order valence-electron chi connectivity index (χ2n) is 5.33. The molecule has 0 bridgehead atoms. The highest BCUT2D eigenvalue weighted by molar-refractivity contribution is 6.10. The summed E-state index contributed by atoms with van der Waals surface area (Å²) in [5.74, 6) is -3.03. The average Bonchev–Trinajstić information content (AvgIpc) is 2.62. The summed E-state index contributed by atoms with van der Waals surface area (Å²) in [5, 5.41) is 2.42. The quantitative estimate of drug-likeness (QED) is 0.715. The summed E-state index contributed by atoms with van der Waals surface area (Å²) >= 11 is 0. The number of anilines is 1. The molecule has 3 nitrogen and oxygen atoms in total. The fourth-order valence-electron chi connectivity index (χ4n) is 2.40. The molecular formula is C20H13F2NO2.